The number of rotatable bonds is 5. The summed E-state index contributed by atoms with van der Waals surface area (Å²) >= 11 is 0. The summed E-state index contributed by atoms with van der Waals surface area (Å²) in [5, 5.41) is -0.391. The molecule has 0 rings (SSSR count). The van der Waals surface area contributed by atoms with Gasteiger partial charge < -0.3 is 5.73 Å². The van der Waals surface area contributed by atoms with E-state index in [1.807, 2.05) is 6.92 Å². The molecule has 0 heterocycles. The van der Waals surface area contributed by atoms with E-state index in [0.29, 0.717) is 6.54 Å². The highest BCUT2D eigenvalue weighted by Crippen LogP contribution is 1.99. The zero-order valence-electron chi connectivity index (χ0n) is 7.87. The minimum atomic E-state index is -3.15. The lowest BCUT2D eigenvalue weighted by atomic mass is 10.2. The molecule has 0 saturated carbocycles. The lowest BCUT2D eigenvalue weighted by Crippen LogP contribution is -2.42. The van der Waals surface area contributed by atoms with E-state index in [4.69, 9.17) is 5.73 Å². The summed E-state index contributed by atoms with van der Waals surface area (Å²) in [5.41, 5.74) is 5.36. The Bertz CT molecular complexity index is 207. The van der Waals surface area contributed by atoms with Gasteiger partial charge in [0.15, 0.2) is 0 Å². The van der Waals surface area contributed by atoms with Crippen LogP contribution in [0.15, 0.2) is 0 Å². The second-order valence-corrected chi connectivity index (χ2v) is 5.32. The van der Waals surface area contributed by atoms with Gasteiger partial charge in [-0.15, -0.1) is 0 Å². The zero-order valence-corrected chi connectivity index (χ0v) is 8.69. The number of nitrogens with two attached hydrogens (primary N) is 1. The van der Waals surface area contributed by atoms with E-state index in [1.54, 1.807) is 13.8 Å². The monoisotopic (exact) mass is 194 g/mol. The van der Waals surface area contributed by atoms with Crippen molar-refractivity contribution in [3.8, 4) is 0 Å². The van der Waals surface area contributed by atoms with Crippen molar-refractivity contribution in [2.45, 2.75) is 38.5 Å². The van der Waals surface area contributed by atoms with Crippen LogP contribution >= 0.6 is 0 Å². The van der Waals surface area contributed by atoms with E-state index in [2.05, 4.69) is 4.72 Å². The summed E-state index contributed by atoms with van der Waals surface area (Å²) in [6.45, 7) is 5.54. The third-order valence-corrected chi connectivity index (χ3v) is 3.63. The van der Waals surface area contributed by atoms with Gasteiger partial charge in [-0.25, -0.2) is 13.1 Å². The van der Waals surface area contributed by atoms with Crippen molar-refractivity contribution in [3.05, 3.63) is 0 Å². The maximum atomic E-state index is 11.3. The highest BCUT2D eigenvalue weighted by Gasteiger charge is 2.18. The van der Waals surface area contributed by atoms with E-state index in [9.17, 15) is 8.42 Å². The molecule has 0 aliphatic rings. The maximum absolute atomic E-state index is 11.3. The van der Waals surface area contributed by atoms with Crippen LogP contribution in [0.3, 0.4) is 0 Å². The second kappa shape index (κ2) is 4.79. The molecule has 0 aromatic rings. The van der Waals surface area contributed by atoms with Gasteiger partial charge in [0.2, 0.25) is 10.0 Å². The summed E-state index contributed by atoms with van der Waals surface area (Å²) < 4.78 is 25.1. The predicted molar refractivity (Wildman–Crippen MR) is 50.3 cm³/mol. The number of nitrogens with one attached hydrogen (secondary N) is 1. The fourth-order valence-corrected chi connectivity index (χ4v) is 1.67. The molecule has 0 aromatic heterocycles. The highest BCUT2D eigenvalue weighted by atomic mass is 32.2. The van der Waals surface area contributed by atoms with E-state index in [1.165, 1.54) is 0 Å². The smallest absolute Gasteiger partial charge is 0.214 e. The molecule has 0 amide bonds. The first-order valence-electron chi connectivity index (χ1n) is 4.15. The predicted octanol–water partition coefficient (Wildman–Crippen LogP) is 0.0515. The van der Waals surface area contributed by atoms with Gasteiger partial charge in [-0.05, 0) is 20.3 Å². The Labute approximate surface area is 74.6 Å². The molecule has 1 atom stereocenters. The molecule has 74 valence electrons. The van der Waals surface area contributed by atoms with Crippen molar-refractivity contribution in [1.29, 1.82) is 0 Å². The van der Waals surface area contributed by atoms with Gasteiger partial charge in [0, 0.05) is 12.6 Å². The fourth-order valence-electron chi connectivity index (χ4n) is 0.667. The van der Waals surface area contributed by atoms with Crippen LogP contribution in [0.1, 0.15) is 27.2 Å². The Morgan fingerprint density at radius 3 is 2.17 bits per heavy atom. The van der Waals surface area contributed by atoms with E-state index in [0.717, 1.165) is 6.42 Å². The van der Waals surface area contributed by atoms with Crippen LogP contribution in [0, 0.1) is 0 Å². The molecule has 1 unspecified atom stereocenters. The van der Waals surface area contributed by atoms with E-state index in [-0.39, 0.29) is 6.04 Å². The fraction of sp³-hybridized carbons (Fsp3) is 1.00. The topological polar surface area (TPSA) is 72.2 Å². The van der Waals surface area contributed by atoms with Gasteiger partial charge in [0.1, 0.15) is 0 Å². The average Bonchev–Trinajstić information content (AvgIpc) is 2.00. The molecule has 0 saturated heterocycles. The van der Waals surface area contributed by atoms with Crippen LogP contribution in [-0.2, 0) is 10.0 Å². The molecule has 0 aromatic carbocycles. The molecule has 0 aliphatic heterocycles. The minimum absolute atomic E-state index is 0.127. The Morgan fingerprint density at radius 1 is 1.42 bits per heavy atom. The summed E-state index contributed by atoms with van der Waals surface area (Å²) in [6.07, 6.45) is 0.725. The lowest BCUT2D eigenvalue weighted by molar-refractivity contribution is 0.535. The van der Waals surface area contributed by atoms with Gasteiger partial charge in [-0.3, -0.25) is 0 Å². The van der Waals surface area contributed by atoms with Crippen LogP contribution in [0.4, 0.5) is 0 Å². The SMILES string of the molecule is CCC(CN)NS(=O)(=O)C(C)C. The van der Waals surface area contributed by atoms with Crippen LogP contribution in [0.5, 0.6) is 0 Å². The van der Waals surface area contributed by atoms with Gasteiger partial charge in [0.25, 0.3) is 0 Å². The normalized spacial score (nSPS) is 15.1. The maximum Gasteiger partial charge on any atom is 0.214 e. The van der Waals surface area contributed by atoms with Gasteiger partial charge in [-0.1, -0.05) is 6.92 Å². The summed E-state index contributed by atoms with van der Waals surface area (Å²) in [7, 11) is -3.15. The summed E-state index contributed by atoms with van der Waals surface area (Å²) in [5.74, 6) is 0. The number of sulfonamides is 1. The highest BCUT2D eigenvalue weighted by molar-refractivity contribution is 7.90. The first-order valence-corrected chi connectivity index (χ1v) is 5.69. The van der Waals surface area contributed by atoms with Crippen LogP contribution in [0.25, 0.3) is 0 Å². The van der Waals surface area contributed by atoms with Crippen molar-refractivity contribution >= 4 is 10.0 Å². The van der Waals surface area contributed by atoms with E-state index < -0.39 is 15.3 Å². The van der Waals surface area contributed by atoms with Crippen molar-refractivity contribution in [3.63, 3.8) is 0 Å². The Balaban J connectivity index is 4.23. The molecule has 0 aliphatic carbocycles. The van der Waals surface area contributed by atoms with Crippen LogP contribution in [-0.4, -0.2) is 26.3 Å². The van der Waals surface area contributed by atoms with Crippen LogP contribution in [0.2, 0.25) is 0 Å². The first kappa shape index (κ1) is 11.9. The molecule has 12 heavy (non-hydrogen) atoms. The molecular formula is C7H18N2O2S. The lowest BCUT2D eigenvalue weighted by Gasteiger charge is -2.16. The third-order valence-electron chi connectivity index (χ3n) is 1.73. The summed E-state index contributed by atoms with van der Waals surface area (Å²) in [4.78, 5) is 0. The van der Waals surface area contributed by atoms with Gasteiger partial charge in [-0.2, -0.15) is 0 Å². The Kier molecular flexibility index (Phi) is 4.74. The van der Waals surface area contributed by atoms with Crippen molar-refractivity contribution < 1.29 is 8.42 Å². The van der Waals surface area contributed by atoms with Crippen molar-refractivity contribution in [2.75, 3.05) is 6.54 Å². The molecule has 0 spiro atoms. The molecular weight excluding hydrogens is 176 g/mol. The Hall–Kier alpha value is -0.130. The van der Waals surface area contributed by atoms with Crippen molar-refractivity contribution in [2.24, 2.45) is 5.73 Å². The summed E-state index contributed by atoms with van der Waals surface area (Å²) in [6, 6.07) is -0.127. The third kappa shape index (κ3) is 3.51. The molecule has 0 radical (unpaired) electrons. The molecule has 0 bridgehead atoms. The van der Waals surface area contributed by atoms with E-state index >= 15 is 0 Å². The van der Waals surface area contributed by atoms with Crippen LogP contribution < -0.4 is 10.5 Å². The zero-order chi connectivity index (χ0) is 9.78. The van der Waals surface area contributed by atoms with Gasteiger partial charge >= 0.3 is 0 Å². The Morgan fingerprint density at radius 2 is 1.92 bits per heavy atom. The standard InChI is InChI=1S/C7H18N2O2S/c1-4-7(5-8)9-12(10,11)6(2)3/h6-7,9H,4-5,8H2,1-3H3. The average molecular weight is 194 g/mol. The second-order valence-electron chi connectivity index (χ2n) is 3.05. The first-order chi connectivity index (χ1) is 5.44. The molecule has 4 nitrogen and oxygen atoms in total. The van der Waals surface area contributed by atoms with Crippen molar-refractivity contribution in [1.82, 2.24) is 4.72 Å². The molecule has 3 N–H and O–H groups in total. The number of hydrogen-bond acceptors (Lipinski definition) is 3. The number of hydrogen-bond donors (Lipinski definition) is 2. The molecule has 5 heteroatoms. The minimum Gasteiger partial charge on any atom is -0.329 e. The quantitative estimate of drug-likeness (QED) is 0.649. The van der Waals surface area contributed by atoms with Gasteiger partial charge in [0.05, 0.1) is 5.25 Å². The largest absolute Gasteiger partial charge is 0.329 e. The molecule has 0 fully saturated rings.